The summed E-state index contributed by atoms with van der Waals surface area (Å²) >= 11 is 0. The van der Waals surface area contributed by atoms with Crippen molar-refractivity contribution < 1.29 is 17.9 Å². The van der Waals surface area contributed by atoms with Crippen LogP contribution in [-0.2, 0) is 19.6 Å². The van der Waals surface area contributed by atoms with Gasteiger partial charge in [0.1, 0.15) is 5.75 Å². The van der Waals surface area contributed by atoms with Crippen LogP contribution in [0, 0.1) is 6.92 Å². The monoisotopic (exact) mass is 550 g/mol. The lowest BCUT2D eigenvalue weighted by atomic mass is 10.1. The summed E-state index contributed by atoms with van der Waals surface area (Å²) in [6, 6.07) is 13.5. The number of hydrogen-bond acceptors (Lipinski definition) is 3. The molecule has 0 saturated heterocycles. The summed E-state index contributed by atoms with van der Waals surface area (Å²) in [4.78, 5) is 6.28. The number of alkyl halides is 3. The standard InChI is InChI=1S/C22H29F3N4O.HI/c1-16-5-10-19(20(11-16)30-15-22(23,24)25)13-28-21(26-2)27-12-17-6-8-18(9-7-17)14-29(3)4;/h5-11H,12-15H2,1-4H3,(H2,26,27,28);1H. The molecule has 0 aliphatic rings. The van der Waals surface area contributed by atoms with Crippen molar-refractivity contribution in [3.8, 4) is 5.75 Å². The molecule has 2 aromatic carbocycles. The van der Waals surface area contributed by atoms with Crippen LogP contribution in [0.2, 0.25) is 0 Å². The highest BCUT2D eigenvalue weighted by molar-refractivity contribution is 14.0. The van der Waals surface area contributed by atoms with E-state index in [2.05, 4.69) is 44.8 Å². The summed E-state index contributed by atoms with van der Waals surface area (Å²) in [7, 11) is 5.70. The van der Waals surface area contributed by atoms with Crippen molar-refractivity contribution in [2.75, 3.05) is 27.7 Å². The van der Waals surface area contributed by atoms with Crippen molar-refractivity contribution >= 4 is 29.9 Å². The summed E-state index contributed by atoms with van der Waals surface area (Å²) in [5.74, 6) is 0.765. The smallest absolute Gasteiger partial charge is 0.422 e. The summed E-state index contributed by atoms with van der Waals surface area (Å²) < 4.78 is 42.5. The number of aliphatic imine (C=N–C) groups is 1. The van der Waals surface area contributed by atoms with E-state index in [-0.39, 0.29) is 36.3 Å². The highest BCUT2D eigenvalue weighted by Crippen LogP contribution is 2.23. The van der Waals surface area contributed by atoms with E-state index in [4.69, 9.17) is 4.74 Å². The van der Waals surface area contributed by atoms with Crippen molar-refractivity contribution in [1.29, 1.82) is 0 Å². The first kappa shape index (κ1) is 27.0. The van der Waals surface area contributed by atoms with Crippen LogP contribution in [0.3, 0.4) is 0 Å². The van der Waals surface area contributed by atoms with Crippen LogP contribution >= 0.6 is 24.0 Å². The van der Waals surface area contributed by atoms with Crippen LogP contribution in [0.4, 0.5) is 13.2 Å². The maximum absolute atomic E-state index is 12.5. The molecule has 2 aromatic rings. The highest BCUT2D eigenvalue weighted by Gasteiger charge is 2.28. The number of benzene rings is 2. The number of rotatable bonds is 8. The summed E-state index contributed by atoms with van der Waals surface area (Å²) in [6.07, 6.45) is -4.38. The fraction of sp³-hybridized carbons (Fsp3) is 0.409. The van der Waals surface area contributed by atoms with E-state index >= 15 is 0 Å². The van der Waals surface area contributed by atoms with Gasteiger partial charge in [-0.05, 0) is 43.8 Å². The normalized spacial score (nSPS) is 11.8. The SMILES string of the molecule is CN=C(NCc1ccc(CN(C)C)cc1)NCc1ccc(C)cc1OCC(F)(F)F.I. The van der Waals surface area contributed by atoms with E-state index in [0.717, 1.165) is 17.7 Å². The van der Waals surface area contributed by atoms with Crippen molar-refractivity contribution in [1.82, 2.24) is 15.5 Å². The molecule has 0 aliphatic heterocycles. The maximum Gasteiger partial charge on any atom is 0.422 e. The molecule has 2 N–H and O–H groups in total. The minimum absolute atomic E-state index is 0. The number of guanidine groups is 1. The predicted octanol–water partition coefficient (Wildman–Crippen LogP) is 4.48. The first-order chi connectivity index (χ1) is 14.2. The second kappa shape index (κ2) is 12.7. The molecule has 0 radical (unpaired) electrons. The van der Waals surface area contributed by atoms with Gasteiger partial charge in [0.05, 0.1) is 0 Å². The van der Waals surface area contributed by atoms with Crippen LogP contribution in [0.1, 0.15) is 22.3 Å². The fourth-order valence-electron chi connectivity index (χ4n) is 2.81. The third-order valence-electron chi connectivity index (χ3n) is 4.27. The molecular weight excluding hydrogens is 520 g/mol. The van der Waals surface area contributed by atoms with Crippen LogP contribution in [0.5, 0.6) is 5.75 Å². The lowest BCUT2D eigenvalue weighted by Crippen LogP contribution is -2.36. The molecule has 31 heavy (non-hydrogen) atoms. The van der Waals surface area contributed by atoms with Gasteiger partial charge >= 0.3 is 6.18 Å². The number of nitrogens with zero attached hydrogens (tertiary/aromatic N) is 2. The molecule has 0 fully saturated rings. The Morgan fingerprint density at radius 1 is 1.00 bits per heavy atom. The van der Waals surface area contributed by atoms with E-state index in [1.807, 2.05) is 27.1 Å². The minimum Gasteiger partial charge on any atom is -0.484 e. The molecule has 172 valence electrons. The average molecular weight is 550 g/mol. The molecule has 2 rings (SSSR count). The van der Waals surface area contributed by atoms with Crippen LogP contribution in [0.15, 0.2) is 47.5 Å². The lowest BCUT2D eigenvalue weighted by molar-refractivity contribution is -0.153. The number of hydrogen-bond donors (Lipinski definition) is 2. The van der Waals surface area contributed by atoms with Gasteiger partial charge in [0.2, 0.25) is 0 Å². The van der Waals surface area contributed by atoms with Gasteiger partial charge in [-0.25, -0.2) is 0 Å². The van der Waals surface area contributed by atoms with Gasteiger partial charge in [-0.2, -0.15) is 13.2 Å². The molecule has 0 aliphatic carbocycles. The van der Waals surface area contributed by atoms with Crippen molar-refractivity contribution in [3.05, 3.63) is 64.7 Å². The predicted molar refractivity (Wildman–Crippen MR) is 129 cm³/mol. The van der Waals surface area contributed by atoms with Crippen molar-refractivity contribution in [3.63, 3.8) is 0 Å². The van der Waals surface area contributed by atoms with Gasteiger partial charge in [0.25, 0.3) is 0 Å². The number of halogens is 4. The highest BCUT2D eigenvalue weighted by atomic mass is 127. The van der Waals surface area contributed by atoms with E-state index in [1.165, 1.54) is 5.56 Å². The van der Waals surface area contributed by atoms with Gasteiger partial charge < -0.3 is 20.3 Å². The molecule has 0 heterocycles. The maximum atomic E-state index is 12.5. The topological polar surface area (TPSA) is 48.9 Å². The van der Waals surface area contributed by atoms with Crippen LogP contribution in [0.25, 0.3) is 0 Å². The Hall–Kier alpha value is -2.01. The second-order valence-electron chi connectivity index (χ2n) is 7.35. The zero-order valence-corrected chi connectivity index (χ0v) is 20.5. The average Bonchev–Trinajstić information content (AvgIpc) is 2.67. The molecule has 0 unspecified atom stereocenters. The summed E-state index contributed by atoms with van der Waals surface area (Å²) in [6.45, 7) is 2.23. The van der Waals surface area contributed by atoms with Gasteiger partial charge in [-0.3, -0.25) is 4.99 Å². The Balaban J connectivity index is 0.00000480. The quantitative estimate of drug-likeness (QED) is 0.289. The lowest BCUT2D eigenvalue weighted by Gasteiger charge is -2.16. The first-order valence-corrected chi connectivity index (χ1v) is 9.62. The van der Waals surface area contributed by atoms with Crippen molar-refractivity contribution in [2.24, 2.45) is 4.99 Å². The Morgan fingerprint density at radius 3 is 2.19 bits per heavy atom. The zero-order chi connectivity index (χ0) is 22.1. The first-order valence-electron chi connectivity index (χ1n) is 9.62. The van der Waals surface area contributed by atoms with Gasteiger partial charge in [-0.1, -0.05) is 36.4 Å². The largest absolute Gasteiger partial charge is 0.484 e. The molecule has 0 atom stereocenters. The van der Waals surface area contributed by atoms with Crippen LogP contribution < -0.4 is 15.4 Å². The zero-order valence-electron chi connectivity index (χ0n) is 18.2. The number of ether oxygens (including phenoxy) is 1. The minimum atomic E-state index is -4.38. The van der Waals surface area contributed by atoms with E-state index in [0.29, 0.717) is 18.1 Å². The Kier molecular flexibility index (Phi) is 11.1. The molecule has 0 spiro atoms. The number of aryl methyl sites for hydroxylation is 1. The molecule has 0 aromatic heterocycles. The molecule has 0 amide bonds. The molecule has 0 saturated carbocycles. The van der Waals surface area contributed by atoms with Gasteiger partial charge in [-0.15, -0.1) is 24.0 Å². The number of nitrogens with one attached hydrogen (secondary N) is 2. The van der Waals surface area contributed by atoms with E-state index < -0.39 is 12.8 Å². The third-order valence-corrected chi connectivity index (χ3v) is 4.27. The summed E-state index contributed by atoms with van der Waals surface area (Å²) in [5, 5.41) is 6.33. The van der Waals surface area contributed by atoms with Crippen LogP contribution in [-0.4, -0.2) is 44.8 Å². The molecular formula is C22H30F3IN4O. The summed E-state index contributed by atoms with van der Waals surface area (Å²) in [5.41, 5.74) is 3.79. The fourth-order valence-corrected chi connectivity index (χ4v) is 2.81. The Labute approximate surface area is 199 Å². The van der Waals surface area contributed by atoms with E-state index in [1.54, 1.807) is 19.2 Å². The van der Waals surface area contributed by atoms with Gasteiger partial charge in [0.15, 0.2) is 12.6 Å². The molecule has 5 nitrogen and oxygen atoms in total. The van der Waals surface area contributed by atoms with Gasteiger partial charge in [0, 0.05) is 32.2 Å². The Bertz CT molecular complexity index is 840. The molecule has 0 bridgehead atoms. The second-order valence-corrected chi connectivity index (χ2v) is 7.35. The molecule has 9 heteroatoms. The third kappa shape index (κ3) is 10.2. The van der Waals surface area contributed by atoms with Crippen molar-refractivity contribution in [2.45, 2.75) is 32.7 Å². The Morgan fingerprint density at radius 2 is 1.61 bits per heavy atom. The van der Waals surface area contributed by atoms with E-state index in [9.17, 15) is 13.2 Å².